The predicted octanol–water partition coefficient (Wildman–Crippen LogP) is 17.2. The normalized spacial score (nSPS) is 13.4. The molecule has 0 spiro atoms. The number of amides is 1. The van der Waals surface area contributed by atoms with E-state index < -0.39 is 18.2 Å². The van der Waals surface area contributed by atoms with Gasteiger partial charge in [0.1, 0.15) is 6.10 Å². The maximum atomic E-state index is 13.2. The van der Waals surface area contributed by atoms with Crippen molar-refractivity contribution in [1.82, 2.24) is 5.32 Å². The molecule has 0 radical (unpaired) electrons. The number of hydrogen-bond donors (Lipinski definition) is 3. The van der Waals surface area contributed by atoms with E-state index in [9.17, 15) is 19.8 Å². The number of aliphatic hydroxyl groups excluding tert-OH is 2. The fraction of sp³-hybridized carbons (Fsp3) is 0.862. The third kappa shape index (κ3) is 46.6. The Hall–Kier alpha value is -1.92. The molecular formula is C58H109NO5. The first-order valence-corrected chi connectivity index (χ1v) is 28.2. The van der Waals surface area contributed by atoms with E-state index in [2.05, 4.69) is 62.5 Å². The van der Waals surface area contributed by atoms with Crippen LogP contribution in [0.2, 0.25) is 0 Å². The minimum absolute atomic E-state index is 0.0650. The van der Waals surface area contributed by atoms with E-state index in [1.54, 1.807) is 0 Å². The number of nitrogens with one attached hydrogen (secondary N) is 1. The van der Waals surface area contributed by atoms with Crippen molar-refractivity contribution in [2.75, 3.05) is 6.61 Å². The molecule has 0 bridgehead atoms. The highest BCUT2D eigenvalue weighted by molar-refractivity contribution is 5.77. The molecular weight excluding hydrogens is 791 g/mol. The van der Waals surface area contributed by atoms with Crippen LogP contribution in [-0.2, 0) is 14.3 Å². The second kappa shape index (κ2) is 52.1. The minimum Gasteiger partial charge on any atom is -0.462 e. The van der Waals surface area contributed by atoms with Gasteiger partial charge in [-0.2, -0.15) is 0 Å². The first-order chi connectivity index (χ1) is 31.5. The lowest BCUT2D eigenvalue weighted by Gasteiger charge is -2.24. The average Bonchev–Trinajstić information content (AvgIpc) is 3.29. The van der Waals surface area contributed by atoms with Crippen molar-refractivity contribution >= 4 is 11.9 Å². The second-order valence-corrected chi connectivity index (χ2v) is 19.4. The largest absolute Gasteiger partial charge is 0.462 e. The molecule has 6 nitrogen and oxygen atoms in total. The molecule has 0 aromatic carbocycles. The van der Waals surface area contributed by atoms with Crippen LogP contribution in [0.1, 0.15) is 297 Å². The molecule has 0 saturated carbocycles. The zero-order chi connectivity index (χ0) is 46.7. The highest BCUT2D eigenvalue weighted by Gasteiger charge is 2.24. The first kappa shape index (κ1) is 62.1. The van der Waals surface area contributed by atoms with Crippen LogP contribution in [0.3, 0.4) is 0 Å². The summed E-state index contributed by atoms with van der Waals surface area (Å²) in [5, 5.41) is 23.8. The van der Waals surface area contributed by atoms with Crippen LogP contribution in [0.4, 0.5) is 0 Å². The second-order valence-electron chi connectivity index (χ2n) is 19.4. The van der Waals surface area contributed by atoms with Crippen LogP contribution in [-0.4, -0.2) is 46.9 Å². The fourth-order valence-corrected chi connectivity index (χ4v) is 8.65. The lowest BCUT2D eigenvalue weighted by atomic mass is 10.0. The van der Waals surface area contributed by atoms with Crippen molar-refractivity contribution in [3.05, 3.63) is 36.5 Å². The number of allylic oxidation sites excluding steroid dienone is 6. The molecule has 6 heteroatoms. The van der Waals surface area contributed by atoms with Gasteiger partial charge in [-0.05, 0) is 77.0 Å². The van der Waals surface area contributed by atoms with E-state index in [-0.39, 0.29) is 24.9 Å². The Labute approximate surface area is 398 Å². The minimum atomic E-state index is -0.793. The number of aliphatic hydroxyl groups is 2. The van der Waals surface area contributed by atoms with Crippen molar-refractivity contribution in [3.8, 4) is 0 Å². The summed E-state index contributed by atoms with van der Waals surface area (Å²) in [4.78, 5) is 26.2. The van der Waals surface area contributed by atoms with Crippen LogP contribution in [0.15, 0.2) is 36.5 Å². The lowest BCUT2D eigenvalue weighted by molar-refractivity contribution is -0.151. The predicted molar refractivity (Wildman–Crippen MR) is 278 cm³/mol. The maximum absolute atomic E-state index is 13.2. The van der Waals surface area contributed by atoms with Crippen LogP contribution < -0.4 is 5.32 Å². The van der Waals surface area contributed by atoms with Crippen LogP contribution in [0.5, 0.6) is 0 Å². The van der Waals surface area contributed by atoms with Gasteiger partial charge in [-0.15, -0.1) is 0 Å². The summed E-state index contributed by atoms with van der Waals surface area (Å²) >= 11 is 0. The van der Waals surface area contributed by atoms with Gasteiger partial charge in [0.05, 0.1) is 25.2 Å². The third-order valence-electron chi connectivity index (χ3n) is 13.0. The van der Waals surface area contributed by atoms with Gasteiger partial charge in [0.25, 0.3) is 0 Å². The quantitative estimate of drug-likeness (QED) is 0.0245. The van der Waals surface area contributed by atoms with Crippen LogP contribution >= 0.6 is 0 Å². The van der Waals surface area contributed by atoms with Crippen LogP contribution in [0.25, 0.3) is 0 Å². The standard InChI is InChI=1S/C58H109NO5/c1-4-7-10-13-16-19-22-25-27-28-30-33-36-39-42-45-48-51-58(63)64-54(49-46-43-40-37-34-31-24-21-18-15-12-9-6-3)52-57(62)59-55(53-60)56(61)50-47-44-41-38-35-32-29-26-23-20-17-14-11-8-5-2/h18,21,24-25,27,31,54-56,60-61H,4-17,19-20,22-23,26,28-30,32-53H2,1-3H3,(H,59,62)/b21-18+,27-25+,31-24+. The summed E-state index contributed by atoms with van der Waals surface area (Å²) in [7, 11) is 0. The number of unbranched alkanes of at least 4 members (excludes halogenated alkanes) is 34. The molecule has 3 atom stereocenters. The van der Waals surface area contributed by atoms with Crippen molar-refractivity contribution in [2.45, 2.75) is 315 Å². The number of rotatable bonds is 51. The van der Waals surface area contributed by atoms with Crippen molar-refractivity contribution in [2.24, 2.45) is 0 Å². The molecule has 376 valence electrons. The topological polar surface area (TPSA) is 95.9 Å². The molecule has 0 aromatic rings. The highest BCUT2D eigenvalue weighted by Crippen LogP contribution is 2.18. The molecule has 64 heavy (non-hydrogen) atoms. The Bertz CT molecular complexity index is 1060. The molecule has 3 unspecified atom stereocenters. The van der Waals surface area contributed by atoms with E-state index in [0.717, 1.165) is 77.0 Å². The zero-order valence-electron chi connectivity index (χ0n) is 42.9. The molecule has 1 amide bonds. The molecule has 0 aliphatic heterocycles. The van der Waals surface area contributed by atoms with Crippen LogP contribution in [0, 0.1) is 0 Å². The molecule has 0 aliphatic carbocycles. The number of ether oxygens (including phenoxy) is 1. The highest BCUT2D eigenvalue weighted by atomic mass is 16.5. The Morgan fingerprint density at radius 1 is 0.453 bits per heavy atom. The number of hydrogen-bond acceptors (Lipinski definition) is 5. The van der Waals surface area contributed by atoms with Gasteiger partial charge in [0.15, 0.2) is 0 Å². The van der Waals surface area contributed by atoms with Crippen molar-refractivity contribution in [1.29, 1.82) is 0 Å². The molecule has 0 fully saturated rings. The van der Waals surface area contributed by atoms with Gasteiger partial charge in [-0.25, -0.2) is 0 Å². The Morgan fingerprint density at radius 2 is 0.797 bits per heavy atom. The summed E-state index contributed by atoms with van der Waals surface area (Å²) < 4.78 is 5.94. The van der Waals surface area contributed by atoms with Gasteiger partial charge in [-0.1, -0.05) is 243 Å². The van der Waals surface area contributed by atoms with Gasteiger partial charge in [-0.3, -0.25) is 9.59 Å². The Kier molecular flexibility index (Phi) is 50.5. The van der Waals surface area contributed by atoms with E-state index in [1.165, 1.54) is 173 Å². The maximum Gasteiger partial charge on any atom is 0.306 e. The van der Waals surface area contributed by atoms with Gasteiger partial charge in [0, 0.05) is 6.42 Å². The monoisotopic (exact) mass is 900 g/mol. The number of carbonyl (C=O) groups is 2. The average molecular weight is 901 g/mol. The summed E-state index contributed by atoms with van der Waals surface area (Å²) in [5.41, 5.74) is 0. The number of esters is 1. The van der Waals surface area contributed by atoms with Crippen molar-refractivity contribution < 1.29 is 24.5 Å². The zero-order valence-corrected chi connectivity index (χ0v) is 42.9. The molecule has 0 heterocycles. The van der Waals surface area contributed by atoms with E-state index in [4.69, 9.17) is 4.74 Å². The van der Waals surface area contributed by atoms with Gasteiger partial charge in [0.2, 0.25) is 5.91 Å². The molecule has 3 N–H and O–H groups in total. The van der Waals surface area contributed by atoms with Crippen molar-refractivity contribution in [3.63, 3.8) is 0 Å². The number of carbonyl (C=O) groups excluding carboxylic acids is 2. The summed E-state index contributed by atoms with van der Waals surface area (Å²) in [6.07, 6.45) is 62.0. The van der Waals surface area contributed by atoms with E-state index in [0.29, 0.717) is 19.3 Å². The third-order valence-corrected chi connectivity index (χ3v) is 13.0. The summed E-state index contributed by atoms with van der Waals surface area (Å²) in [6.45, 7) is 6.47. The molecule has 0 rings (SSSR count). The Morgan fingerprint density at radius 3 is 1.23 bits per heavy atom. The molecule has 0 saturated heterocycles. The molecule has 0 aromatic heterocycles. The lowest BCUT2D eigenvalue weighted by Crippen LogP contribution is -2.46. The summed E-state index contributed by atoms with van der Waals surface area (Å²) in [6, 6.07) is -0.707. The molecule has 0 aliphatic rings. The van der Waals surface area contributed by atoms with E-state index in [1.807, 2.05) is 0 Å². The fourth-order valence-electron chi connectivity index (χ4n) is 8.65. The van der Waals surface area contributed by atoms with Gasteiger partial charge >= 0.3 is 5.97 Å². The SMILES string of the molecule is CCCCC/C=C/C=C/CCCCCCC(CC(=O)NC(CO)C(O)CCCCCCCCCCCCCCCCC)OC(=O)CCCCCCCCC/C=C/CCCCCCCC. The van der Waals surface area contributed by atoms with Gasteiger partial charge < -0.3 is 20.3 Å². The van der Waals surface area contributed by atoms with E-state index >= 15 is 0 Å². The first-order valence-electron chi connectivity index (χ1n) is 28.2. The smallest absolute Gasteiger partial charge is 0.306 e. The Balaban J connectivity index is 4.54. The summed E-state index contributed by atoms with van der Waals surface area (Å²) in [5.74, 6) is -0.487.